The van der Waals surface area contributed by atoms with Crippen molar-refractivity contribution in [1.82, 2.24) is 10.2 Å². The predicted molar refractivity (Wildman–Crippen MR) is 73.7 cm³/mol. The number of ether oxygens (including phenoxy) is 1. The molecule has 1 heterocycles. The van der Waals surface area contributed by atoms with E-state index in [1.165, 1.54) is 45.2 Å². The number of nitrogens with one attached hydrogen (secondary N) is 1. The van der Waals surface area contributed by atoms with Crippen molar-refractivity contribution in [2.24, 2.45) is 11.8 Å². The molecule has 3 aliphatic rings. The van der Waals surface area contributed by atoms with E-state index in [1.54, 1.807) is 0 Å². The molecular formula is C15H28N2O. The fraction of sp³-hybridized carbons (Fsp3) is 1.00. The van der Waals surface area contributed by atoms with E-state index in [9.17, 15) is 0 Å². The van der Waals surface area contributed by atoms with Crippen LogP contribution in [-0.2, 0) is 4.74 Å². The quantitative estimate of drug-likeness (QED) is 0.808. The highest BCUT2D eigenvalue weighted by Crippen LogP contribution is 2.35. The number of methoxy groups -OCH3 is 1. The molecule has 3 rings (SSSR count). The van der Waals surface area contributed by atoms with Crippen LogP contribution in [0.2, 0.25) is 0 Å². The van der Waals surface area contributed by atoms with Gasteiger partial charge in [0, 0.05) is 25.7 Å². The molecule has 0 aromatic rings. The van der Waals surface area contributed by atoms with E-state index < -0.39 is 0 Å². The predicted octanol–water partition coefficient (Wildman–Crippen LogP) is 1.87. The first-order chi connectivity index (χ1) is 8.78. The molecule has 0 amide bonds. The minimum absolute atomic E-state index is 0.455. The molecule has 1 saturated heterocycles. The van der Waals surface area contributed by atoms with Gasteiger partial charge < -0.3 is 10.1 Å². The Bertz CT molecular complexity index is 280. The highest BCUT2D eigenvalue weighted by molar-refractivity contribution is 4.94. The Morgan fingerprint density at radius 3 is 2.61 bits per heavy atom. The van der Waals surface area contributed by atoms with E-state index >= 15 is 0 Å². The van der Waals surface area contributed by atoms with Gasteiger partial charge in [-0.25, -0.2) is 0 Å². The van der Waals surface area contributed by atoms with Gasteiger partial charge in [-0.2, -0.15) is 0 Å². The Morgan fingerprint density at radius 1 is 1.17 bits per heavy atom. The summed E-state index contributed by atoms with van der Waals surface area (Å²) in [6.07, 6.45) is 7.40. The van der Waals surface area contributed by atoms with Crippen molar-refractivity contribution in [2.45, 2.75) is 57.2 Å². The van der Waals surface area contributed by atoms with Crippen molar-refractivity contribution in [3.8, 4) is 0 Å². The van der Waals surface area contributed by atoms with E-state index in [0.717, 1.165) is 30.5 Å². The monoisotopic (exact) mass is 252 g/mol. The van der Waals surface area contributed by atoms with E-state index in [1.807, 2.05) is 7.11 Å². The third kappa shape index (κ3) is 2.73. The molecule has 0 spiro atoms. The molecule has 2 aliphatic carbocycles. The SMILES string of the molecule is COC1CN(C2CCC2CNC2CC2)CCC1C. The molecule has 0 aromatic heterocycles. The number of likely N-dealkylation sites (tertiary alicyclic amines) is 1. The van der Waals surface area contributed by atoms with Crippen molar-refractivity contribution >= 4 is 0 Å². The molecule has 1 N–H and O–H groups in total. The van der Waals surface area contributed by atoms with Crippen molar-refractivity contribution in [1.29, 1.82) is 0 Å². The smallest absolute Gasteiger partial charge is 0.0724 e. The average Bonchev–Trinajstić information content (AvgIpc) is 3.14. The summed E-state index contributed by atoms with van der Waals surface area (Å²) in [5.74, 6) is 1.63. The van der Waals surface area contributed by atoms with Gasteiger partial charge in [0.15, 0.2) is 0 Å². The standard InChI is InChI=1S/C15H28N2O/c1-11-7-8-17(10-15(11)18-2)14-6-3-12(14)9-16-13-4-5-13/h11-16H,3-10H2,1-2H3. The Balaban J connectivity index is 1.47. The van der Waals surface area contributed by atoms with Crippen molar-refractivity contribution < 1.29 is 4.74 Å². The van der Waals surface area contributed by atoms with Crippen LogP contribution < -0.4 is 5.32 Å². The summed E-state index contributed by atoms with van der Waals surface area (Å²) < 4.78 is 5.64. The maximum atomic E-state index is 5.64. The lowest BCUT2D eigenvalue weighted by Crippen LogP contribution is -2.56. The van der Waals surface area contributed by atoms with Crippen molar-refractivity contribution in [3.05, 3.63) is 0 Å². The van der Waals surface area contributed by atoms with Gasteiger partial charge in [-0.1, -0.05) is 6.92 Å². The van der Waals surface area contributed by atoms with Gasteiger partial charge in [-0.15, -0.1) is 0 Å². The zero-order valence-corrected chi connectivity index (χ0v) is 11.9. The highest BCUT2D eigenvalue weighted by atomic mass is 16.5. The van der Waals surface area contributed by atoms with Crippen LogP contribution in [-0.4, -0.2) is 49.8 Å². The molecule has 1 aliphatic heterocycles. The summed E-state index contributed by atoms with van der Waals surface area (Å²) in [7, 11) is 1.87. The number of hydrogen-bond donors (Lipinski definition) is 1. The van der Waals surface area contributed by atoms with Crippen LogP contribution in [0, 0.1) is 11.8 Å². The van der Waals surface area contributed by atoms with Gasteiger partial charge >= 0.3 is 0 Å². The summed E-state index contributed by atoms with van der Waals surface area (Å²) in [6, 6.07) is 1.70. The molecule has 3 fully saturated rings. The second-order valence-corrected chi connectivity index (χ2v) is 6.62. The molecule has 4 atom stereocenters. The van der Waals surface area contributed by atoms with Crippen molar-refractivity contribution in [3.63, 3.8) is 0 Å². The van der Waals surface area contributed by atoms with Gasteiger partial charge in [0.25, 0.3) is 0 Å². The minimum atomic E-state index is 0.455. The molecule has 3 nitrogen and oxygen atoms in total. The van der Waals surface area contributed by atoms with Crippen LogP contribution in [0.3, 0.4) is 0 Å². The normalized spacial score (nSPS) is 41.7. The summed E-state index contributed by atoms with van der Waals surface area (Å²) in [5.41, 5.74) is 0. The lowest BCUT2D eigenvalue weighted by Gasteiger charge is -2.48. The Hall–Kier alpha value is -0.120. The number of hydrogen-bond acceptors (Lipinski definition) is 3. The van der Waals surface area contributed by atoms with E-state index in [-0.39, 0.29) is 0 Å². The van der Waals surface area contributed by atoms with Crippen LogP contribution in [0.5, 0.6) is 0 Å². The zero-order chi connectivity index (χ0) is 12.5. The van der Waals surface area contributed by atoms with E-state index in [0.29, 0.717) is 6.10 Å². The van der Waals surface area contributed by atoms with E-state index in [4.69, 9.17) is 4.74 Å². The Labute approximate surface area is 111 Å². The zero-order valence-electron chi connectivity index (χ0n) is 11.9. The second-order valence-electron chi connectivity index (χ2n) is 6.62. The number of rotatable bonds is 5. The first kappa shape index (κ1) is 12.9. The van der Waals surface area contributed by atoms with Crippen LogP contribution in [0.1, 0.15) is 39.0 Å². The molecule has 4 unspecified atom stereocenters. The largest absolute Gasteiger partial charge is 0.380 e. The lowest BCUT2D eigenvalue weighted by molar-refractivity contribution is -0.0472. The van der Waals surface area contributed by atoms with Gasteiger partial charge in [-0.3, -0.25) is 4.90 Å². The average molecular weight is 252 g/mol. The fourth-order valence-corrected chi connectivity index (χ4v) is 3.54. The van der Waals surface area contributed by atoms with Crippen LogP contribution in [0.15, 0.2) is 0 Å². The maximum absolute atomic E-state index is 5.64. The Kier molecular flexibility index (Phi) is 3.92. The summed E-state index contributed by atoms with van der Waals surface area (Å²) >= 11 is 0. The maximum Gasteiger partial charge on any atom is 0.0724 e. The highest BCUT2D eigenvalue weighted by Gasteiger charge is 2.39. The van der Waals surface area contributed by atoms with Crippen molar-refractivity contribution in [2.75, 3.05) is 26.7 Å². The third-order valence-corrected chi connectivity index (χ3v) is 5.32. The molecule has 18 heavy (non-hydrogen) atoms. The molecular weight excluding hydrogens is 224 g/mol. The molecule has 2 saturated carbocycles. The minimum Gasteiger partial charge on any atom is -0.380 e. The van der Waals surface area contributed by atoms with Crippen LogP contribution in [0.4, 0.5) is 0 Å². The first-order valence-electron chi connectivity index (χ1n) is 7.78. The number of nitrogens with zero attached hydrogens (tertiary/aromatic N) is 1. The Morgan fingerprint density at radius 2 is 2.00 bits per heavy atom. The summed E-state index contributed by atoms with van der Waals surface area (Å²) in [6.45, 7) is 6.02. The molecule has 104 valence electrons. The van der Waals surface area contributed by atoms with Gasteiger partial charge in [0.2, 0.25) is 0 Å². The van der Waals surface area contributed by atoms with Gasteiger partial charge in [0.05, 0.1) is 6.10 Å². The van der Waals surface area contributed by atoms with Crippen LogP contribution in [0.25, 0.3) is 0 Å². The molecule has 3 heteroatoms. The van der Waals surface area contributed by atoms with Gasteiger partial charge in [0.1, 0.15) is 0 Å². The number of piperidine rings is 1. The van der Waals surface area contributed by atoms with Crippen LogP contribution >= 0.6 is 0 Å². The summed E-state index contributed by atoms with van der Waals surface area (Å²) in [5, 5.41) is 3.70. The molecule has 0 radical (unpaired) electrons. The lowest BCUT2D eigenvalue weighted by atomic mass is 9.77. The van der Waals surface area contributed by atoms with Gasteiger partial charge in [-0.05, 0) is 57.0 Å². The topological polar surface area (TPSA) is 24.5 Å². The summed E-state index contributed by atoms with van der Waals surface area (Å²) in [4.78, 5) is 2.71. The molecule has 0 aromatic carbocycles. The first-order valence-corrected chi connectivity index (χ1v) is 7.78. The second kappa shape index (κ2) is 5.48. The molecule has 0 bridgehead atoms. The fourth-order valence-electron chi connectivity index (χ4n) is 3.54. The van der Waals surface area contributed by atoms with E-state index in [2.05, 4.69) is 17.1 Å². The third-order valence-electron chi connectivity index (χ3n) is 5.32.